The first kappa shape index (κ1) is 11.8. The van der Waals surface area contributed by atoms with E-state index in [1.807, 2.05) is 30.3 Å². The van der Waals surface area contributed by atoms with Crippen molar-refractivity contribution in [3.8, 4) is 11.3 Å². The maximum Gasteiger partial charge on any atom is 0.409 e. The fraction of sp³-hybridized carbons (Fsp3) is 0.286. The van der Waals surface area contributed by atoms with Crippen molar-refractivity contribution in [1.82, 2.24) is 15.1 Å². The Kier molecular flexibility index (Phi) is 2.95. The molecule has 1 aromatic carbocycles. The summed E-state index contributed by atoms with van der Waals surface area (Å²) in [7, 11) is 1.41. The number of aromatic amines is 1. The SMILES string of the molecule is COC(=O)N1CCc2[nH]nc(-c3ccccc3)c2C1. The summed E-state index contributed by atoms with van der Waals surface area (Å²) in [5.41, 5.74) is 4.18. The monoisotopic (exact) mass is 257 g/mol. The van der Waals surface area contributed by atoms with Crippen LogP contribution in [-0.4, -0.2) is 34.8 Å². The number of hydrogen-bond donors (Lipinski definition) is 1. The summed E-state index contributed by atoms with van der Waals surface area (Å²) >= 11 is 0. The standard InChI is InChI=1S/C14H15N3O2/c1-19-14(18)17-8-7-12-11(9-17)13(16-15-12)10-5-3-2-4-6-10/h2-6H,7-9H2,1H3,(H,15,16). The Morgan fingerprint density at radius 3 is 2.89 bits per heavy atom. The molecule has 19 heavy (non-hydrogen) atoms. The van der Waals surface area contributed by atoms with E-state index in [-0.39, 0.29) is 6.09 Å². The highest BCUT2D eigenvalue weighted by Gasteiger charge is 2.25. The van der Waals surface area contributed by atoms with Gasteiger partial charge in [-0.15, -0.1) is 0 Å². The van der Waals surface area contributed by atoms with Crippen LogP contribution in [0.1, 0.15) is 11.3 Å². The number of rotatable bonds is 1. The normalized spacial score (nSPS) is 14.1. The quantitative estimate of drug-likeness (QED) is 0.852. The van der Waals surface area contributed by atoms with Crippen LogP contribution in [0.5, 0.6) is 0 Å². The van der Waals surface area contributed by atoms with Crippen molar-refractivity contribution < 1.29 is 9.53 Å². The second-order valence-corrected chi connectivity index (χ2v) is 4.54. The van der Waals surface area contributed by atoms with Gasteiger partial charge in [0.2, 0.25) is 0 Å². The maximum atomic E-state index is 11.6. The van der Waals surface area contributed by atoms with Crippen molar-refractivity contribution in [2.45, 2.75) is 13.0 Å². The van der Waals surface area contributed by atoms with Crippen LogP contribution in [0.2, 0.25) is 0 Å². The molecule has 98 valence electrons. The molecule has 0 spiro atoms. The predicted octanol–water partition coefficient (Wildman–Crippen LogP) is 2.20. The molecule has 0 radical (unpaired) electrons. The second-order valence-electron chi connectivity index (χ2n) is 4.54. The van der Waals surface area contributed by atoms with Crippen molar-refractivity contribution >= 4 is 6.09 Å². The van der Waals surface area contributed by atoms with Gasteiger partial charge in [0, 0.05) is 29.8 Å². The molecular weight excluding hydrogens is 242 g/mol. The zero-order valence-corrected chi connectivity index (χ0v) is 10.7. The van der Waals surface area contributed by atoms with Gasteiger partial charge in [-0.25, -0.2) is 4.79 Å². The Morgan fingerprint density at radius 2 is 2.16 bits per heavy atom. The Bertz CT molecular complexity index is 592. The third kappa shape index (κ3) is 2.07. The van der Waals surface area contributed by atoms with Gasteiger partial charge in [0.25, 0.3) is 0 Å². The molecule has 3 rings (SSSR count). The number of nitrogens with zero attached hydrogens (tertiary/aromatic N) is 2. The van der Waals surface area contributed by atoms with Gasteiger partial charge in [-0.1, -0.05) is 30.3 Å². The highest BCUT2D eigenvalue weighted by Crippen LogP contribution is 2.28. The second kappa shape index (κ2) is 4.76. The van der Waals surface area contributed by atoms with Crippen LogP contribution >= 0.6 is 0 Å². The van der Waals surface area contributed by atoms with Gasteiger partial charge in [-0.05, 0) is 0 Å². The average Bonchev–Trinajstić information content (AvgIpc) is 2.90. The van der Waals surface area contributed by atoms with E-state index in [4.69, 9.17) is 4.74 Å². The summed E-state index contributed by atoms with van der Waals surface area (Å²) in [6, 6.07) is 9.99. The maximum absolute atomic E-state index is 11.6. The lowest BCUT2D eigenvalue weighted by molar-refractivity contribution is 0.118. The van der Waals surface area contributed by atoms with Crippen LogP contribution in [0.15, 0.2) is 30.3 Å². The van der Waals surface area contributed by atoms with E-state index in [0.717, 1.165) is 28.9 Å². The van der Waals surface area contributed by atoms with Crippen LogP contribution in [0, 0.1) is 0 Å². The molecular formula is C14H15N3O2. The van der Waals surface area contributed by atoms with E-state index in [9.17, 15) is 4.79 Å². The Labute approximate surface area is 111 Å². The molecule has 0 saturated carbocycles. The number of amides is 1. The number of benzene rings is 1. The van der Waals surface area contributed by atoms with Gasteiger partial charge in [0.1, 0.15) is 0 Å². The number of carbonyl (C=O) groups excluding carboxylic acids is 1. The molecule has 2 aromatic rings. The van der Waals surface area contributed by atoms with Gasteiger partial charge < -0.3 is 9.64 Å². The smallest absolute Gasteiger partial charge is 0.409 e. The Morgan fingerprint density at radius 1 is 1.37 bits per heavy atom. The number of H-pyrrole nitrogens is 1. The van der Waals surface area contributed by atoms with Crippen molar-refractivity contribution in [1.29, 1.82) is 0 Å². The van der Waals surface area contributed by atoms with Crippen LogP contribution < -0.4 is 0 Å². The average molecular weight is 257 g/mol. The molecule has 0 atom stereocenters. The van der Waals surface area contributed by atoms with Gasteiger partial charge in [-0.3, -0.25) is 5.10 Å². The lowest BCUT2D eigenvalue weighted by Gasteiger charge is -2.25. The zero-order chi connectivity index (χ0) is 13.2. The van der Waals surface area contributed by atoms with Gasteiger partial charge in [0.15, 0.2) is 0 Å². The minimum absolute atomic E-state index is 0.286. The fourth-order valence-electron chi connectivity index (χ4n) is 2.41. The molecule has 0 saturated heterocycles. The molecule has 1 amide bonds. The van der Waals surface area contributed by atoms with E-state index in [0.29, 0.717) is 13.1 Å². The largest absolute Gasteiger partial charge is 0.453 e. The van der Waals surface area contributed by atoms with Gasteiger partial charge in [-0.2, -0.15) is 5.10 Å². The molecule has 0 bridgehead atoms. The van der Waals surface area contributed by atoms with Crippen molar-refractivity contribution in [2.75, 3.05) is 13.7 Å². The molecule has 5 heteroatoms. The van der Waals surface area contributed by atoms with Crippen LogP contribution in [0.3, 0.4) is 0 Å². The molecule has 0 unspecified atom stereocenters. The van der Waals surface area contributed by atoms with Gasteiger partial charge >= 0.3 is 6.09 Å². The molecule has 5 nitrogen and oxygen atoms in total. The first-order valence-corrected chi connectivity index (χ1v) is 6.24. The fourth-order valence-corrected chi connectivity index (χ4v) is 2.41. The van der Waals surface area contributed by atoms with Gasteiger partial charge in [0.05, 0.1) is 19.3 Å². The molecule has 0 aliphatic carbocycles. The summed E-state index contributed by atoms with van der Waals surface area (Å²) in [4.78, 5) is 13.3. The topological polar surface area (TPSA) is 58.2 Å². The van der Waals surface area contributed by atoms with E-state index < -0.39 is 0 Å². The summed E-state index contributed by atoms with van der Waals surface area (Å²) in [6.45, 7) is 1.21. The van der Waals surface area contributed by atoms with Crippen LogP contribution in [0.4, 0.5) is 4.79 Å². The lowest BCUT2D eigenvalue weighted by atomic mass is 10.0. The molecule has 1 aliphatic heterocycles. The van der Waals surface area contributed by atoms with E-state index in [2.05, 4.69) is 10.2 Å². The number of ether oxygens (including phenoxy) is 1. The predicted molar refractivity (Wildman–Crippen MR) is 70.5 cm³/mol. The Hall–Kier alpha value is -2.30. The number of carbonyl (C=O) groups is 1. The summed E-state index contributed by atoms with van der Waals surface area (Å²) in [5.74, 6) is 0. The molecule has 1 aromatic heterocycles. The molecule has 2 heterocycles. The highest BCUT2D eigenvalue weighted by atomic mass is 16.5. The molecule has 0 fully saturated rings. The van der Waals surface area contributed by atoms with E-state index in [1.54, 1.807) is 4.90 Å². The minimum atomic E-state index is -0.286. The number of aromatic nitrogens is 2. The molecule has 1 N–H and O–H groups in total. The first-order chi connectivity index (χ1) is 9.29. The number of nitrogens with one attached hydrogen (secondary N) is 1. The van der Waals surface area contributed by atoms with Crippen molar-refractivity contribution in [2.24, 2.45) is 0 Å². The first-order valence-electron chi connectivity index (χ1n) is 6.24. The van der Waals surface area contributed by atoms with E-state index in [1.165, 1.54) is 7.11 Å². The zero-order valence-electron chi connectivity index (χ0n) is 10.7. The lowest BCUT2D eigenvalue weighted by Crippen LogP contribution is -2.35. The summed E-state index contributed by atoms with van der Waals surface area (Å²) in [5, 5.41) is 7.46. The minimum Gasteiger partial charge on any atom is -0.453 e. The van der Waals surface area contributed by atoms with Crippen LogP contribution in [-0.2, 0) is 17.7 Å². The number of methoxy groups -OCH3 is 1. The summed E-state index contributed by atoms with van der Waals surface area (Å²) in [6.07, 6.45) is 0.496. The summed E-state index contributed by atoms with van der Waals surface area (Å²) < 4.78 is 4.78. The van der Waals surface area contributed by atoms with E-state index >= 15 is 0 Å². The highest BCUT2D eigenvalue weighted by molar-refractivity contribution is 5.70. The molecule has 1 aliphatic rings. The van der Waals surface area contributed by atoms with Crippen molar-refractivity contribution in [3.63, 3.8) is 0 Å². The van der Waals surface area contributed by atoms with Crippen molar-refractivity contribution in [3.05, 3.63) is 41.6 Å². The third-order valence-corrected chi connectivity index (χ3v) is 3.41. The number of fused-ring (bicyclic) bond motifs is 1. The third-order valence-electron chi connectivity index (χ3n) is 3.41. The number of hydrogen-bond acceptors (Lipinski definition) is 3. The van der Waals surface area contributed by atoms with Crippen LogP contribution in [0.25, 0.3) is 11.3 Å². The Balaban J connectivity index is 1.95.